The number of likely N-dealkylation sites (tertiary alicyclic amines) is 1. The molecule has 0 radical (unpaired) electrons. The monoisotopic (exact) mass is 723 g/mol. The normalized spacial score (nSPS) is 26.3. The van der Waals surface area contributed by atoms with Crippen molar-refractivity contribution in [3.63, 3.8) is 0 Å². The van der Waals surface area contributed by atoms with Crippen molar-refractivity contribution in [3.8, 4) is 11.5 Å². The molecule has 1 N–H and O–H groups in total. The molecule has 3 saturated heterocycles. The Hall–Kier alpha value is -3.67. The van der Waals surface area contributed by atoms with Gasteiger partial charge in [-0.25, -0.2) is 0 Å². The smallest absolute Gasteiger partial charge is 0.253 e. The maximum absolute atomic E-state index is 15.0. The summed E-state index contributed by atoms with van der Waals surface area (Å²) in [7, 11) is 1.57. The first-order valence-electron chi connectivity index (χ1n) is 16.5. The highest BCUT2D eigenvalue weighted by Crippen LogP contribution is 2.61. The zero-order valence-electron chi connectivity index (χ0n) is 28.1. The van der Waals surface area contributed by atoms with Crippen LogP contribution in [0.4, 0.5) is 11.4 Å². The Morgan fingerprint density at radius 3 is 2.10 bits per heavy atom. The van der Waals surface area contributed by atoms with Crippen LogP contribution in [0.5, 0.6) is 11.5 Å². The minimum absolute atomic E-state index is 0.121. The van der Waals surface area contributed by atoms with Gasteiger partial charge in [0.25, 0.3) is 5.91 Å². The van der Waals surface area contributed by atoms with Gasteiger partial charge in [0.2, 0.25) is 11.8 Å². The molecule has 7 atom stereocenters. The Morgan fingerprint density at radius 2 is 1.60 bits per heavy atom. The third-order valence-electron chi connectivity index (χ3n) is 9.59. The van der Waals surface area contributed by atoms with Crippen molar-refractivity contribution in [3.05, 3.63) is 73.8 Å². The molecule has 3 aliphatic heterocycles. The predicted octanol–water partition coefficient (Wildman–Crippen LogP) is 4.99. The first-order valence-corrected chi connectivity index (χ1v) is 17.4. The summed E-state index contributed by atoms with van der Waals surface area (Å²) in [5.41, 5.74) is -0.0750. The number of aliphatic hydroxyl groups is 1. The lowest BCUT2D eigenvalue weighted by Gasteiger charge is -2.40. The number of amides is 3. The van der Waals surface area contributed by atoms with Crippen LogP contribution in [0.25, 0.3) is 0 Å². The number of anilines is 2. The van der Waals surface area contributed by atoms with E-state index in [-0.39, 0.29) is 48.2 Å². The summed E-state index contributed by atoms with van der Waals surface area (Å²) in [6, 6.07) is 12.6. The average Bonchev–Trinajstić information content (AvgIpc) is 3.68. The van der Waals surface area contributed by atoms with Crippen molar-refractivity contribution < 1.29 is 33.7 Å². The molecule has 2 aromatic carbocycles. The third-order valence-corrected chi connectivity index (χ3v) is 10.4. The van der Waals surface area contributed by atoms with Crippen LogP contribution in [0, 0.1) is 17.8 Å². The molecular formula is C37H46BrN3O7. The number of hydrogen-bond acceptors (Lipinski definition) is 7. The minimum Gasteiger partial charge on any atom is -0.497 e. The molecule has 3 amide bonds. The van der Waals surface area contributed by atoms with Crippen LogP contribution in [0.1, 0.15) is 33.6 Å². The van der Waals surface area contributed by atoms with Gasteiger partial charge >= 0.3 is 0 Å². The summed E-state index contributed by atoms with van der Waals surface area (Å²) < 4.78 is 17.7. The molecule has 10 nitrogen and oxygen atoms in total. The third kappa shape index (κ3) is 6.28. The van der Waals surface area contributed by atoms with E-state index in [2.05, 4.69) is 29.1 Å². The number of carbonyl (C=O) groups excluding carboxylic acids is 3. The average molecular weight is 725 g/mol. The number of methoxy groups -OCH3 is 1. The number of alkyl halides is 1. The molecule has 0 saturated carbocycles. The number of benzene rings is 2. The summed E-state index contributed by atoms with van der Waals surface area (Å²) in [5.74, 6) is -1.38. The van der Waals surface area contributed by atoms with Crippen LogP contribution in [-0.4, -0.2) is 89.8 Å². The molecule has 2 aromatic rings. The Morgan fingerprint density at radius 1 is 1.04 bits per heavy atom. The SMILES string of the molecule is C=CCN(C(=O)C1N([C@@H](CO)CC(C)C)C(=O)[C@@H]2[C@@H](C(=O)N(CC=C)c3ccc(OCC)cc3)[C@@H]3OC12CC3Br)c1ccc(OC)cc1. The lowest BCUT2D eigenvalue weighted by molar-refractivity contribution is -0.144. The fraction of sp³-hybridized carbons (Fsp3) is 0.486. The highest BCUT2D eigenvalue weighted by atomic mass is 79.9. The number of aliphatic hydroxyl groups excluding tert-OH is 1. The number of carbonyl (C=O) groups is 3. The standard InChI is InChI=1S/C37H46BrN3O7/c1-7-18-39(24-12-16-28(17-13-24)47-9-3)34(43)30-31-35(44)41(26(22-42)20-23(4)5)33(37(31)21-29(38)32(30)48-37)36(45)40(19-8-2)25-10-14-27(46-6)15-11-25/h7-8,10-17,23,26,29-33,42H,1-2,9,18-22H2,3-6H3/t26-,29?,30-,31+,32-,33?,37?/m1/s1. The van der Waals surface area contributed by atoms with Gasteiger partial charge in [0.1, 0.15) is 23.1 Å². The maximum atomic E-state index is 15.0. The van der Waals surface area contributed by atoms with Gasteiger partial charge in [-0.15, -0.1) is 13.2 Å². The molecule has 3 unspecified atom stereocenters. The first kappa shape index (κ1) is 35.6. The molecule has 2 bridgehead atoms. The number of fused-ring (bicyclic) bond motifs is 1. The van der Waals surface area contributed by atoms with Crippen molar-refractivity contribution in [2.75, 3.05) is 43.2 Å². The van der Waals surface area contributed by atoms with Gasteiger partial charge in [0.05, 0.1) is 44.3 Å². The molecule has 0 aromatic heterocycles. The van der Waals surface area contributed by atoms with Gasteiger partial charge in [0, 0.05) is 29.3 Å². The molecule has 3 fully saturated rings. The summed E-state index contributed by atoms with van der Waals surface area (Å²) in [6.45, 7) is 14.2. The Bertz CT molecular complexity index is 1500. The second kappa shape index (κ2) is 14.8. The minimum atomic E-state index is -1.30. The van der Waals surface area contributed by atoms with Crippen LogP contribution < -0.4 is 19.3 Å². The maximum Gasteiger partial charge on any atom is 0.253 e. The molecule has 11 heteroatoms. The van der Waals surface area contributed by atoms with Crippen LogP contribution in [0.3, 0.4) is 0 Å². The van der Waals surface area contributed by atoms with Crippen LogP contribution in [0.2, 0.25) is 0 Å². The van der Waals surface area contributed by atoms with Crippen LogP contribution >= 0.6 is 15.9 Å². The van der Waals surface area contributed by atoms with E-state index in [1.807, 2.05) is 32.9 Å². The predicted molar refractivity (Wildman–Crippen MR) is 189 cm³/mol. The fourth-order valence-corrected chi connectivity index (χ4v) is 8.67. The Balaban J connectivity index is 1.60. The quantitative estimate of drug-likeness (QED) is 0.204. The van der Waals surface area contributed by atoms with Gasteiger partial charge in [0.15, 0.2) is 0 Å². The topological polar surface area (TPSA) is 109 Å². The van der Waals surface area contributed by atoms with Crippen molar-refractivity contribution >= 4 is 45.0 Å². The molecular weight excluding hydrogens is 678 g/mol. The lowest BCUT2D eigenvalue weighted by Crippen LogP contribution is -2.59. The summed E-state index contributed by atoms with van der Waals surface area (Å²) in [5, 5.41) is 10.7. The van der Waals surface area contributed by atoms with Crippen LogP contribution in [-0.2, 0) is 19.1 Å². The number of nitrogens with zero attached hydrogens (tertiary/aromatic N) is 3. The van der Waals surface area contributed by atoms with Crippen LogP contribution in [0.15, 0.2) is 73.8 Å². The molecule has 3 heterocycles. The Labute approximate surface area is 291 Å². The van der Waals surface area contributed by atoms with Gasteiger partial charge < -0.3 is 34.0 Å². The van der Waals surface area contributed by atoms with Crippen molar-refractivity contribution in [2.45, 2.75) is 62.2 Å². The largest absolute Gasteiger partial charge is 0.497 e. The number of ether oxygens (including phenoxy) is 3. The first-order chi connectivity index (χ1) is 23.1. The van der Waals surface area contributed by atoms with E-state index in [0.717, 1.165) is 0 Å². The molecule has 3 aliphatic rings. The Kier molecular flexibility index (Phi) is 11.0. The second-order valence-corrected chi connectivity index (χ2v) is 14.2. The van der Waals surface area contributed by atoms with Crippen molar-refractivity contribution in [2.24, 2.45) is 17.8 Å². The lowest BCUT2D eigenvalue weighted by atomic mass is 9.70. The highest BCUT2D eigenvalue weighted by Gasteiger charge is 2.77. The van der Waals surface area contributed by atoms with E-state index < -0.39 is 35.6 Å². The highest BCUT2D eigenvalue weighted by molar-refractivity contribution is 9.09. The number of halogens is 1. The zero-order valence-corrected chi connectivity index (χ0v) is 29.7. The van der Waals surface area contributed by atoms with Gasteiger partial charge in [-0.2, -0.15) is 0 Å². The number of rotatable bonds is 15. The van der Waals surface area contributed by atoms with E-state index in [0.29, 0.717) is 42.3 Å². The molecule has 1 spiro atoms. The molecule has 0 aliphatic carbocycles. The van der Waals surface area contributed by atoms with Crippen molar-refractivity contribution in [1.29, 1.82) is 0 Å². The van der Waals surface area contributed by atoms with Gasteiger partial charge in [-0.3, -0.25) is 14.4 Å². The summed E-state index contributed by atoms with van der Waals surface area (Å²) in [6.07, 6.45) is 3.44. The van der Waals surface area contributed by atoms with E-state index in [4.69, 9.17) is 14.2 Å². The van der Waals surface area contributed by atoms with Crippen molar-refractivity contribution in [1.82, 2.24) is 4.90 Å². The second-order valence-electron chi connectivity index (χ2n) is 13.0. The molecule has 48 heavy (non-hydrogen) atoms. The summed E-state index contributed by atoms with van der Waals surface area (Å²) in [4.78, 5) is 48.9. The molecule has 258 valence electrons. The van der Waals surface area contributed by atoms with Gasteiger partial charge in [-0.05, 0) is 74.2 Å². The molecule has 5 rings (SSSR count). The summed E-state index contributed by atoms with van der Waals surface area (Å²) >= 11 is 3.78. The number of hydrogen-bond donors (Lipinski definition) is 1. The van der Waals surface area contributed by atoms with E-state index in [1.165, 1.54) is 4.90 Å². The fourth-order valence-electron chi connectivity index (χ4n) is 7.72. The zero-order chi connectivity index (χ0) is 34.7. The van der Waals surface area contributed by atoms with E-state index >= 15 is 0 Å². The van der Waals surface area contributed by atoms with Gasteiger partial charge in [-0.1, -0.05) is 41.9 Å². The van der Waals surface area contributed by atoms with E-state index in [1.54, 1.807) is 65.5 Å². The van der Waals surface area contributed by atoms with E-state index in [9.17, 15) is 19.5 Å².